The minimum atomic E-state index is -0.769. The van der Waals surface area contributed by atoms with Gasteiger partial charge in [-0.25, -0.2) is 0 Å². The molecule has 0 amide bonds. The number of carbonyl (C=O) groups excluding carboxylic acids is 3. The molecule has 0 unspecified atom stereocenters. The van der Waals surface area contributed by atoms with Crippen LogP contribution in [0.1, 0.15) is 310 Å². The predicted octanol–water partition coefficient (Wildman–Crippen LogP) is 18.7. The van der Waals surface area contributed by atoms with Crippen LogP contribution in [0.3, 0.4) is 0 Å². The Hall–Kier alpha value is -2.11. The van der Waals surface area contributed by atoms with Gasteiger partial charge in [-0.05, 0) is 70.6 Å². The van der Waals surface area contributed by atoms with Crippen molar-refractivity contribution < 1.29 is 28.6 Å². The third-order valence-corrected chi connectivity index (χ3v) is 12.7. The molecule has 6 heteroatoms. The highest BCUT2D eigenvalue weighted by atomic mass is 16.6. The molecule has 0 aliphatic carbocycles. The Bertz CT molecular complexity index is 1040. The molecule has 0 radical (unpaired) electrons. The molecular weight excluding hydrogens is 793 g/mol. The van der Waals surface area contributed by atoms with Crippen LogP contribution < -0.4 is 0 Å². The summed E-state index contributed by atoms with van der Waals surface area (Å²) in [5.74, 6) is -0.858. The SMILES string of the molecule is CCCCCC/C=C\CCCCCCCCCC(=O)OC[C@@H](COC(=O)CCCCCCCCCCC/C=C\CCCCCCCC)OC(=O)CCCCCCCCCCCCCC. The van der Waals surface area contributed by atoms with Gasteiger partial charge >= 0.3 is 17.9 Å². The van der Waals surface area contributed by atoms with Crippen LogP contribution in [0, 0.1) is 0 Å². The first-order valence-corrected chi connectivity index (χ1v) is 28.3. The van der Waals surface area contributed by atoms with E-state index in [0.29, 0.717) is 19.3 Å². The molecule has 0 heterocycles. The zero-order valence-corrected chi connectivity index (χ0v) is 43.1. The average Bonchev–Trinajstić information content (AvgIpc) is 3.29. The smallest absolute Gasteiger partial charge is 0.306 e. The fraction of sp³-hybridized carbons (Fsp3) is 0.879. The molecule has 0 saturated heterocycles. The van der Waals surface area contributed by atoms with Crippen LogP contribution in [0.4, 0.5) is 0 Å². The lowest BCUT2D eigenvalue weighted by atomic mass is 10.0. The Labute approximate surface area is 398 Å². The summed E-state index contributed by atoms with van der Waals surface area (Å²) in [5.41, 5.74) is 0. The summed E-state index contributed by atoms with van der Waals surface area (Å²) in [6, 6.07) is 0. The summed E-state index contributed by atoms with van der Waals surface area (Å²) < 4.78 is 16.9. The minimum absolute atomic E-state index is 0.0695. The van der Waals surface area contributed by atoms with E-state index in [1.807, 2.05) is 0 Å². The molecule has 6 nitrogen and oxygen atoms in total. The van der Waals surface area contributed by atoms with Crippen molar-refractivity contribution in [3.63, 3.8) is 0 Å². The van der Waals surface area contributed by atoms with E-state index in [0.717, 1.165) is 57.8 Å². The molecule has 0 bridgehead atoms. The van der Waals surface area contributed by atoms with Crippen LogP contribution in [-0.2, 0) is 28.6 Å². The normalized spacial score (nSPS) is 12.1. The van der Waals surface area contributed by atoms with Crippen molar-refractivity contribution in [3.8, 4) is 0 Å². The third kappa shape index (κ3) is 50.9. The summed E-state index contributed by atoms with van der Waals surface area (Å²) in [4.78, 5) is 38.1. The third-order valence-electron chi connectivity index (χ3n) is 12.7. The second-order valence-electron chi connectivity index (χ2n) is 19.2. The van der Waals surface area contributed by atoms with Gasteiger partial charge in [0.25, 0.3) is 0 Å². The van der Waals surface area contributed by atoms with E-state index >= 15 is 0 Å². The Kier molecular flexibility index (Phi) is 51.7. The summed E-state index contributed by atoms with van der Waals surface area (Å²) in [5, 5.41) is 0. The topological polar surface area (TPSA) is 78.9 Å². The van der Waals surface area contributed by atoms with Gasteiger partial charge in [0, 0.05) is 19.3 Å². The number of rotatable bonds is 52. The van der Waals surface area contributed by atoms with Crippen LogP contribution in [0.2, 0.25) is 0 Å². The first kappa shape index (κ1) is 61.9. The zero-order valence-electron chi connectivity index (χ0n) is 43.1. The lowest BCUT2D eigenvalue weighted by Crippen LogP contribution is -2.30. The van der Waals surface area contributed by atoms with Crippen LogP contribution in [0.25, 0.3) is 0 Å². The maximum Gasteiger partial charge on any atom is 0.306 e. The van der Waals surface area contributed by atoms with E-state index < -0.39 is 6.10 Å². The van der Waals surface area contributed by atoms with Crippen molar-refractivity contribution in [3.05, 3.63) is 24.3 Å². The Balaban J connectivity index is 4.29. The fourth-order valence-corrected chi connectivity index (χ4v) is 8.37. The van der Waals surface area contributed by atoms with Crippen molar-refractivity contribution in [2.75, 3.05) is 13.2 Å². The highest BCUT2D eigenvalue weighted by molar-refractivity contribution is 5.71. The molecule has 64 heavy (non-hydrogen) atoms. The molecule has 0 aromatic heterocycles. The summed E-state index contributed by atoms with van der Waals surface area (Å²) in [6.45, 7) is 6.65. The van der Waals surface area contributed by atoms with Crippen molar-refractivity contribution in [1.82, 2.24) is 0 Å². The van der Waals surface area contributed by atoms with Crippen LogP contribution in [-0.4, -0.2) is 37.2 Å². The maximum absolute atomic E-state index is 12.8. The van der Waals surface area contributed by atoms with E-state index in [2.05, 4.69) is 45.1 Å². The van der Waals surface area contributed by atoms with Gasteiger partial charge < -0.3 is 14.2 Å². The molecule has 0 fully saturated rings. The number of unbranched alkanes of at least 4 members (excludes halogenated alkanes) is 37. The monoisotopic (exact) mass is 901 g/mol. The van der Waals surface area contributed by atoms with Crippen molar-refractivity contribution in [1.29, 1.82) is 0 Å². The van der Waals surface area contributed by atoms with E-state index in [1.165, 1.54) is 212 Å². The van der Waals surface area contributed by atoms with E-state index in [9.17, 15) is 14.4 Å². The summed E-state index contributed by atoms with van der Waals surface area (Å²) in [6.07, 6.45) is 61.6. The maximum atomic E-state index is 12.8. The molecule has 376 valence electrons. The molecule has 1 atom stereocenters. The van der Waals surface area contributed by atoms with E-state index in [1.54, 1.807) is 0 Å². The quantitative estimate of drug-likeness (QED) is 0.0262. The second kappa shape index (κ2) is 53.5. The molecule has 0 rings (SSSR count). The number of allylic oxidation sites excluding steroid dienone is 4. The van der Waals surface area contributed by atoms with Crippen LogP contribution in [0.15, 0.2) is 24.3 Å². The second-order valence-corrected chi connectivity index (χ2v) is 19.2. The molecule has 0 aromatic carbocycles. The lowest BCUT2D eigenvalue weighted by molar-refractivity contribution is -0.167. The van der Waals surface area contributed by atoms with Gasteiger partial charge in [-0.15, -0.1) is 0 Å². The van der Waals surface area contributed by atoms with E-state index in [-0.39, 0.29) is 31.1 Å². The standard InChI is InChI=1S/C58H108O6/c1-4-7-10-13-16-19-22-25-27-28-29-30-32-34-37-39-42-45-48-51-57(60)63-54-55(64-58(61)52-49-46-43-40-35-24-21-18-15-12-9-6-3)53-62-56(59)50-47-44-41-38-36-33-31-26-23-20-17-14-11-8-5-2/h20,23,25,27,55H,4-19,21-22,24,26,28-54H2,1-3H3/b23-20-,27-25-/t55-/m0/s1. The fourth-order valence-electron chi connectivity index (χ4n) is 8.37. The van der Waals surface area contributed by atoms with Crippen LogP contribution in [0.5, 0.6) is 0 Å². The predicted molar refractivity (Wildman–Crippen MR) is 275 cm³/mol. The van der Waals surface area contributed by atoms with Gasteiger partial charge in [-0.2, -0.15) is 0 Å². The number of hydrogen-bond donors (Lipinski definition) is 0. The van der Waals surface area contributed by atoms with Crippen molar-refractivity contribution in [2.24, 2.45) is 0 Å². The number of esters is 3. The largest absolute Gasteiger partial charge is 0.462 e. The van der Waals surface area contributed by atoms with Gasteiger partial charge in [-0.1, -0.05) is 244 Å². The first-order valence-electron chi connectivity index (χ1n) is 28.3. The summed E-state index contributed by atoms with van der Waals surface area (Å²) >= 11 is 0. The Morgan fingerprint density at radius 1 is 0.297 bits per heavy atom. The zero-order chi connectivity index (χ0) is 46.5. The molecular formula is C58H108O6. The molecule has 0 aliphatic heterocycles. The van der Waals surface area contributed by atoms with Gasteiger partial charge in [0.2, 0.25) is 0 Å². The molecule has 0 N–H and O–H groups in total. The van der Waals surface area contributed by atoms with Gasteiger partial charge in [-0.3, -0.25) is 14.4 Å². The highest BCUT2D eigenvalue weighted by Crippen LogP contribution is 2.16. The van der Waals surface area contributed by atoms with E-state index in [4.69, 9.17) is 14.2 Å². The highest BCUT2D eigenvalue weighted by Gasteiger charge is 2.19. The molecule has 0 spiro atoms. The van der Waals surface area contributed by atoms with Crippen molar-refractivity contribution >= 4 is 17.9 Å². The average molecular weight is 901 g/mol. The van der Waals surface area contributed by atoms with Gasteiger partial charge in [0.15, 0.2) is 6.10 Å². The number of ether oxygens (including phenoxy) is 3. The van der Waals surface area contributed by atoms with Crippen LogP contribution >= 0.6 is 0 Å². The Morgan fingerprint density at radius 2 is 0.516 bits per heavy atom. The molecule has 0 aromatic rings. The molecule has 0 saturated carbocycles. The van der Waals surface area contributed by atoms with Crippen molar-refractivity contribution in [2.45, 2.75) is 316 Å². The molecule has 0 aliphatic rings. The number of carbonyl (C=O) groups is 3. The number of hydrogen-bond acceptors (Lipinski definition) is 6. The first-order chi connectivity index (χ1) is 31.5. The lowest BCUT2D eigenvalue weighted by Gasteiger charge is -2.18. The Morgan fingerprint density at radius 3 is 0.797 bits per heavy atom. The summed E-state index contributed by atoms with van der Waals surface area (Å²) in [7, 11) is 0. The van der Waals surface area contributed by atoms with Gasteiger partial charge in [0.1, 0.15) is 13.2 Å². The minimum Gasteiger partial charge on any atom is -0.462 e. The van der Waals surface area contributed by atoms with Gasteiger partial charge in [0.05, 0.1) is 0 Å².